The van der Waals surface area contributed by atoms with E-state index in [0.717, 1.165) is 5.92 Å². The van der Waals surface area contributed by atoms with Gasteiger partial charge in [-0.3, -0.25) is 0 Å². The third kappa shape index (κ3) is 1.98. The molecular formula is C9H18O. The van der Waals surface area contributed by atoms with E-state index >= 15 is 0 Å². The average molecular weight is 142 g/mol. The van der Waals surface area contributed by atoms with Crippen LogP contribution in [0.25, 0.3) is 0 Å². The van der Waals surface area contributed by atoms with E-state index in [-0.39, 0.29) is 0 Å². The third-order valence-electron chi connectivity index (χ3n) is 2.23. The van der Waals surface area contributed by atoms with Crippen molar-refractivity contribution in [2.24, 2.45) is 5.92 Å². The molecule has 1 fully saturated rings. The van der Waals surface area contributed by atoms with Gasteiger partial charge in [-0.15, -0.1) is 0 Å². The predicted octanol–water partition coefficient (Wildman–Crippen LogP) is 2.60. The second-order valence-electron chi connectivity index (χ2n) is 3.63. The maximum absolute atomic E-state index is 5.72. The summed E-state index contributed by atoms with van der Waals surface area (Å²) in [6, 6.07) is 0. The Morgan fingerprint density at radius 2 is 2.00 bits per heavy atom. The monoisotopic (exact) mass is 142 g/mol. The van der Waals surface area contributed by atoms with Gasteiger partial charge in [0.15, 0.2) is 0 Å². The van der Waals surface area contributed by atoms with Crippen LogP contribution in [0.15, 0.2) is 0 Å². The second-order valence-corrected chi connectivity index (χ2v) is 3.63. The summed E-state index contributed by atoms with van der Waals surface area (Å²) in [6.45, 7) is 6.52. The van der Waals surface area contributed by atoms with Crippen LogP contribution in [0.3, 0.4) is 0 Å². The lowest BCUT2D eigenvalue weighted by Crippen LogP contribution is -2.19. The van der Waals surface area contributed by atoms with Crippen molar-refractivity contribution in [3.05, 3.63) is 0 Å². The fourth-order valence-electron chi connectivity index (χ4n) is 1.66. The van der Waals surface area contributed by atoms with Crippen molar-refractivity contribution in [3.63, 3.8) is 0 Å². The molecule has 0 heterocycles. The first kappa shape index (κ1) is 8.06. The van der Waals surface area contributed by atoms with Crippen LogP contribution in [-0.4, -0.2) is 12.2 Å². The van der Waals surface area contributed by atoms with Gasteiger partial charge in [-0.25, -0.2) is 0 Å². The Labute approximate surface area is 63.8 Å². The first-order valence-corrected chi connectivity index (χ1v) is 4.35. The highest BCUT2D eigenvalue weighted by Crippen LogP contribution is 2.28. The summed E-state index contributed by atoms with van der Waals surface area (Å²) in [5.41, 5.74) is 0. The van der Waals surface area contributed by atoms with E-state index < -0.39 is 0 Å². The number of hydrogen-bond donors (Lipinski definition) is 0. The molecule has 0 radical (unpaired) electrons. The minimum atomic E-state index is 0.408. The molecule has 0 unspecified atom stereocenters. The Hall–Kier alpha value is -0.0400. The predicted molar refractivity (Wildman–Crippen MR) is 43.0 cm³/mol. The largest absolute Gasteiger partial charge is 0.375 e. The lowest BCUT2D eigenvalue weighted by Gasteiger charge is -2.18. The lowest BCUT2D eigenvalue weighted by molar-refractivity contribution is -0.00908. The van der Waals surface area contributed by atoms with Gasteiger partial charge in [0.05, 0.1) is 12.2 Å². The third-order valence-corrected chi connectivity index (χ3v) is 2.23. The number of hydrogen-bond acceptors (Lipinski definition) is 1. The first-order valence-electron chi connectivity index (χ1n) is 4.35. The Kier molecular flexibility index (Phi) is 2.72. The maximum atomic E-state index is 5.72. The smallest absolute Gasteiger partial charge is 0.0604 e. The molecule has 60 valence electrons. The zero-order valence-corrected chi connectivity index (χ0v) is 7.26. The molecule has 1 aliphatic rings. The maximum Gasteiger partial charge on any atom is 0.0604 e. The lowest BCUT2D eigenvalue weighted by atomic mass is 10.1. The molecule has 0 amide bonds. The van der Waals surface area contributed by atoms with Crippen LogP contribution in [0, 0.1) is 5.92 Å². The van der Waals surface area contributed by atoms with Gasteiger partial charge in [0.1, 0.15) is 0 Å². The highest BCUT2D eigenvalue weighted by molar-refractivity contribution is 4.74. The molecule has 0 spiro atoms. The van der Waals surface area contributed by atoms with E-state index in [2.05, 4.69) is 20.8 Å². The molecule has 0 aromatic rings. The van der Waals surface area contributed by atoms with E-state index in [1.54, 1.807) is 0 Å². The van der Waals surface area contributed by atoms with Crippen LogP contribution in [0.4, 0.5) is 0 Å². The normalized spacial score (nSPS) is 33.6. The molecule has 1 nitrogen and oxygen atoms in total. The van der Waals surface area contributed by atoms with Crippen molar-refractivity contribution in [1.82, 2.24) is 0 Å². The summed E-state index contributed by atoms with van der Waals surface area (Å²) in [6.07, 6.45) is 4.96. The van der Waals surface area contributed by atoms with Gasteiger partial charge in [0.2, 0.25) is 0 Å². The Bertz CT molecular complexity index is 98.9. The van der Waals surface area contributed by atoms with E-state index in [9.17, 15) is 0 Å². The molecule has 0 saturated heterocycles. The van der Waals surface area contributed by atoms with Gasteiger partial charge in [0.25, 0.3) is 0 Å². The molecule has 1 rings (SSSR count). The minimum Gasteiger partial charge on any atom is -0.375 e. The van der Waals surface area contributed by atoms with E-state index in [0.29, 0.717) is 12.2 Å². The van der Waals surface area contributed by atoms with Gasteiger partial charge in [0, 0.05) is 0 Å². The minimum absolute atomic E-state index is 0.408. The van der Waals surface area contributed by atoms with Gasteiger partial charge in [-0.1, -0.05) is 13.3 Å². The first-order chi connectivity index (χ1) is 4.70. The zero-order chi connectivity index (χ0) is 7.56. The molecule has 10 heavy (non-hydrogen) atoms. The van der Waals surface area contributed by atoms with Crippen molar-refractivity contribution < 1.29 is 4.74 Å². The highest BCUT2D eigenvalue weighted by atomic mass is 16.5. The Morgan fingerprint density at radius 3 is 2.40 bits per heavy atom. The fourth-order valence-corrected chi connectivity index (χ4v) is 1.66. The van der Waals surface area contributed by atoms with E-state index in [1.165, 1.54) is 19.3 Å². The van der Waals surface area contributed by atoms with Crippen LogP contribution in [0.2, 0.25) is 0 Å². The Balaban J connectivity index is 2.26. The summed E-state index contributed by atoms with van der Waals surface area (Å²) >= 11 is 0. The van der Waals surface area contributed by atoms with Crippen LogP contribution >= 0.6 is 0 Å². The topological polar surface area (TPSA) is 9.23 Å². The SMILES string of the molecule is CC(C)O[C@H]1CCC[C@H]1C. The average Bonchev–Trinajstić information content (AvgIpc) is 2.15. The summed E-state index contributed by atoms with van der Waals surface area (Å²) in [5, 5.41) is 0. The quantitative estimate of drug-likeness (QED) is 0.576. The summed E-state index contributed by atoms with van der Waals surface area (Å²) < 4.78 is 5.72. The standard InChI is InChI=1S/C9H18O/c1-7(2)10-9-6-4-5-8(9)3/h7-9H,4-6H2,1-3H3/t8-,9+/m1/s1. The molecule has 0 N–H and O–H groups in total. The van der Waals surface area contributed by atoms with Crippen LogP contribution in [-0.2, 0) is 4.74 Å². The van der Waals surface area contributed by atoms with Crippen molar-refractivity contribution in [3.8, 4) is 0 Å². The van der Waals surface area contributed by atoms with Crippen LogP contribution in [0.1, 0.15) is 40.0 Å². The molecule has 1 aliphatic carbocycles. The van der Waals surface area contributed by atoms with Gasteiger partial charge >= 0.3 is 0 Å². The molecule has 1 saturated carbocycles. The number of ether oxygens (including phenoxy) is 1. The van der Waals surface area contributed by atoms with Crippen molar-refractivity contribution >= 4 is 0 Å². The van der Waals surface area contributed by atoms with Crippen LogP contribution < -0.4 is 0 Å². The zero-order valence-electron chi connectivity index (χ0n) is 7.26. The molecule has 0 aromatic heterocycles. The summed E-state index contributed by atoms with van der Waals surface area (Å²) in [4.78, 5) is 0. The highest BCUT2D eigenvalue weighted by Gasteiger charge is 2.24. The van der Waals surface area contributed by atoms with Gasteiger partial charge in [-0.2, -0.15) is 0 Å². The van der Waals surface area contributed by atoms with Crippen LogP contribution in [0.5, 0.6) is 0 Å². The second kappa shape index (κ2) is 3.38. The molecule has 1 heteroatoms. The van der Waals surface area contributed by atoms with Crippen molar-refractivity contribution in [1.29, 1.82) is 0 Å². The summed E-state index contributed by atoms with van der Waals surface area (Å²) in [7, 11) is 0. The molecule has 0 aliphatic heterocycles. The van der Waals surface area contributed by atoms with Crippen molar-refractivity contribution in [2.75, 3.05) is 0 Å². The van der Waals surface area contributed by atoms with E-state index in [1.807, 2.05) is 0 Å². The van der Waals surface area contributed by atoms with Gasteiger partial charge < -0.3 is 4.74 Å². The fraction of sp³-hybridized carbons (Fsp3) is 1.00. The molecular weight excluding hydrogens is 124 g/mol. The Morgan fingerprint density at radius 1 is 1.30 bits per heavy atom. The molecule has 0 aromatic carbocycles. The number of rotatable bonds is 2. The molecule has 0 bridgehead atoms. The van der Waals surface area contributed by atoms with E-state index in [4.69, 9.17) is 4.74 Å². The van der Waals surface area contributed by atoms with Crippen molar-refractivity contribution in [2.45, 2.75) is 52.2 Å². The summed E-state index contributed by atoms with van der Waals surface area (Å²) in [5.74, 6) is 0.794. The van der Waals surface area contributed by atoms with Gasteiger partial charge in [-0.05, 0) is 32.6 Å². The molecule has 2 atom stereocenters.